The summed E-state index contributed by atoms with van der Waals surface area (Å²) in [5, 5.41) is 6.88. The van der Waals surface area contributed by atoms with Gasteiger partial charge in [-0.2, -0.15) is 5.10 Å². The predicted octanol–water partition coefficient (Wildman–Crippen LogP) is 1.94. The largest absolute Gasteiger partial charge is 0.447 e. The van der Waals surface area contributed by atoms with E-state index in [1.54, 1.807) is 36.0 Å². The van der Waals surface area contributed by atoms with Crippen molar-refractivity contribution >= 4 is 23.4 Å². The van der Waals surface area contributed by atoms with E-state index < -0.39 is 0 Å². The summed E-state index contributed by atoms with van der Waals surface area (Å²) >= 11 is 0. The number of carbonyl (C=O) groups excluding carboxylic acids is 2. The van der Waals surface area contributed by atoms with Crippen molar-refractivity contribution in [1.29, 1.82) is 0 Å². The van der Waals surface area contributed by atoms with Gasteiger partial charge in [0, 0.05) is 24.1 Å². The number of aryl methyl sites for hydroxylation is 1. The van der Waals surface area contributed by atoms with Crippen molar-refractivity contribution in [2.24, 2.45) is 7.05 Å². The highest BCUT2D eigenvalue weighted by Crippen LogP contribution is 2.23. The van der Waals surface area contributed by atoms with Crippen LogP contribution in [0.25, 0.3) is 0 Å². The average molecular weight is 300 g/mol. The van der Waals surface area contributed by atoms with E-state index in [1.165, 1.54) is 11.1 Å². The molecule has 3 rings (SSSR count). The summed E-state index contributed by atoms with van der Waals surface area (Å²) in [6.07, 6.45) is 1.17. The first-order valence-electron chi connectivity index (χ1n) is 6.90. The highest BCUT2D eigenvalue weighted by Gasteiger charge is 2.23. The van der Waals surface area contributed by atoms with E-state index in [2.05, 4.69) is 10.4 Å². The summed E-state index contributed by atoms with van der Waals surface area (Å²) in [5.74, 6) is -0.230. The molecule has 1 saturated heterocycles. The van der Waals surface area contributed by atoms with Crippen LogP contribution in [0, 0.1) is 6.92 Å². The van der Waals surface area contributed by atoms with Gasteiger partial charge in [-0.05, 0) is 25.1 Å². The second kappa shape index (κ2) is 5.51. The maximum absolute atomic E-state index is 12.3. The van der Waals surface area contributed by atoms with Crippen LogP contribution in [-0.2, 0) is 11.8 Å². The van der Waals surface area contributed by atoms with Crippen molar-refractivity contribution in [3.8, 4) is 0 Å². The van der Waals surface area contributed by atoms with Gasteiger partial charge in [-0.25, -0.2) is 4.79 Å². The lowest BCUT2D eigenvalue weighted by Crippen LogP contribution is -2.23. The van der Waals surface area contributed by atoms with Crippen molar-refractivity contribution in [3.63, 3.8) is 0 Å². The normalized spacial score (nSPS) is 14.1. The Hall–Kier alpha value is -2.83. The number of aromatic nitrogens is 2. The van der Waals surface area contributed by atoms with Gasteiger partial charge in [-0.15, -0.1) is 0 Å². The average Bonchev–Trinajstić information content (AvgIpc) is 3.06. The molecule has 0 atom stereocenters. The summed E-state index contributed by atoms with van der Waals surface area (Å²) in [6, 6.07) is 7.11. The molecule has 0 spiro atoms. The number of hydrogen-bond donors (Lipinski definition) is 1. The van der Waals surface area contributed by atoms with Gasteiger partial charge in [-0.3, -0.25) is 14.4 Å². The highest BCUT2D eigenvalue weighted by molar-refractivity contribution is 6.05. The molecule has 0 saturated carbocycles. The number of nitrogens with zero attached hydrogens (tertiary/aromatic N) is 3. The summed E-state index contributed by atoms with van der Waals surface area (Å²) in [4.78, 5) is 25.4. The van der Waals surface area contributed by atoms with Crippen LogP contribution in [0.5, 0.6) is 0 Å². The van der Waals surface area contributed by atoms with Gasteiger partial charge in [-0.1, -0.05) is 6.07 Å². The number of hydrogen-bond acceptors (Lipinski definition) is 4. The monoisotopic (exact) mass is 300 g/mol. The van der Waals surface area contributed by atoms with Crippen LogP contribution < -0.4 is 10.2 Å². The number of ether oxygens (including phenoxy) is 1. The van der Waals surface area contributed by atoms with Gasteiger partial charge in [0.15, 0.2) is 0 Å². The molecule has 1 aliphatic rings. The molecule has 0 radical (unpaired) electrons. The molecule has 7 heteroatoms. The Labute approximate surface area is 127 Å². The van der Waals surface area contributed by atoms with Crippen LogP contribution in [-0.4, -0.2) is 34.9 Å². The number of rotatable bonds is 3. The van der Waals surface area contributed by atoms with Crippen LogP contribution >= 0.6 is 0 Å². The number of amides is 2. The Morgan fingerprint density at radius 3 is 2.86 bits per heavy atom. The third-order valence-electron chi connectivity index (χ3n) is 3.66. The van der Waals surface area contributed by atoms with E-state index in [0.717, 1.165) is 5.69 Å². The summed E-state index contributed by atoms with van der Waals surface area (Å²) in [7, 11) is 1.78. The minimum absolute atomic E-state index is 0.230. The molecule has 2 amide bonds. The molecule has 0 bridgehead atoms. The second-order valence-corrected chi connectivity index (χ2v) is 5.04. The third-order valence-corrected chi connectivity index (χ3v) is 3.66. The first-order chi connectivity index (χ1) is 10.6. The molecule has 114 valence electrons. The quantitative estimate of drug-likeness (QED) is 0.939. The zero-order chi connectivity index (χ0) is 15.7. The van der Waals surface area contributed by atoms with Crippen LogP contribution in [0.15, 0.2) is 30.5 Å². The smallest absolute Gasteiger partial charge is 0.414 e. The van der Waals surface area contributed by atoms with Crippen LogP contribution in [0.4, 0.5) is 16.2 Å². The molecule has 1 aliphatic heterocycles. The second-order valence-electron chi connectivity index (χ2n) is 5.04. The molecule has 1 fully saturated rings. The lowest BCUT2D eigenvalue weighted by molar-refractivity contribution is 0.102. The van der Waals surface area contributed by atoms with Crippen molar-refractivity contribution in [3.05, 3.63) is 41.7 Å². The zero-order valence-corrected chi connectivity index (χ0v) is 12.4. The fourth-order valence-electron chi connectivity index (χ4n) is 2.30. The van der Waals surface area contributed by atoms with E-state index in [4.69, 9.17) is 4.74 Å². The van der Waals surface area contributed by atoms with E-state index in [1.807, 2.05) is 6.92 Å². The third kappa shape index (κ3) is 2.52. The first-order valence-corrected chi connectivity index (χ1v) is 6.90. The molecule has 1 aromatic heterocycles. The predicted molar refractivity (Wildman–Crippen MR) is 81.0 cm³/mol. The number of cyclic esters (lactones) is 1. The molecule has 22 heavy (non-hydrogen) atoms. The van der Waals surface area contributed by atoms with Crippen LogP contribution in [0.3, 0.4) is 0 Å². The minimum atomic E-state index is -0.369. The lowest BCUT2D eigenvalue weighted by atomic mass is 10.2. The molecule has 7 nitrogen and oxygen atoms in total. The first kappa shape index (κ1) is 14.1. The van der Waals surface area contributed by atoms with Gasteiger partial charge in [0.2, 0.25) is 0 Å². The highest BCUT2D eigenvalue weighted by atomic mass is 16.6. The standard InChI is InChI=1S/C15H16N4O3/c1-10-13(9-16-18(10)2)14(20)17-11-4-3-5-12(8-11)19-6-7-22-15(19)21/h3-5,8-9H,6-7H2,1-2H3,(H,17,20). The van der Waals surface area contributed by atoms with E-state index in [9.17, 15) is 9.59 Å². The van der Waals surface area contributed by atoms with Crippen LogP contribution in [0.2, 0.25) is 0 Å². The van der Waals surface area contributed by atoms with Crippen molar-refractivity contribution in [1.82, 2.24) is 9.78 Å². The summed E-state index contributed by atoms with van der Waals surface area (Å²) in [6.45, 7) is 2.72. The fraction of sp³-hybridized carbons (Fsp3) is 0.267. The molecular formula is C15H16N4O3. The molecule has 0 aliphatic carbocycles. The summed E-state index contributed by atoms with van der Waals surface area (Å²) in [5.41, 5.74) is 2.62. The fourth-order valence-corrected chi connectivity index (χ4v) is 2.30. The SMILES string of the molecule is Cc1c(C(=O)Nc2cccc(N3CCOC3=O)c2)cnn1C. The van der Waals surface area contributed by atoms with Gasteiger partial charge in [0.05, 0.1) is 18.3 Å². The van der Waals surface area contributed by atoms with Crippen LogP contribution in [0.1, 0.15) is 16.1 Å². The lowest BCUT2D eigenvalue weighted by Gasteiger charge is -2.14. The van der Waals surface area contributed by atoms with E-state index in [0.29, 0.717) is 30.1 Å². The summed E-state index contributed by atoms with van der Waals surface area (Å²) < 4.78 is 6.56. The van der Waals surface area contributed by atoms with Gasteiger partial charge >= 0.3 is 6.09 Å². The van der Waals surface area contributed by atoms with E-state index in [-0.39, 0.29) is 12.0 Å². The van der Waals surface area contributed by atoms with Crippen molar-refractivity contribution < 1.29 is 14.3 Å². The Bertz CT molecular complexity index is 738. The minimum Gasteiger partial charge on any atom is -0.447 e. The maximum Gasteiger partial charge on any atom is 0.414 e. The number of anilines is 2. The molecule has 1 N–H and O–H groups in total. The molecule has 2 heterocycles. The van der Waals surface area contributed by atoms with Gasteiger partial charge < -0.3 is 10.1 Å². The van der Waals surface area contributed by atoms with E-state index >= 15 is 0 Å². The Morgan fingerprint density at radius 1 is 1.41 bits per heavy atom. The number of benzene rings is 1. The van der Waals surface area contributed by atoms with Gasteiger partial charge in [0.1, 0.15) is 6.61 Å². The van der Waals surface area contributed by atoms with Crippen molar-refractivity contribution in [2.75, 3.05) is 23.4 Å². The van der Waals surface area contributed by atoms with Crippen molar-refractivity contribution in [2.45, 2.75) is 6.92 Å². The Balaban J connectivity index is 1.79. The van der Waals surface area contributed by atoms with Gasteiger partial charge in [0.25, 0.3) is 5.91 Å². The Kier molecular flexibility index (Phi) is 3.54. The molecule has 2 aromatic rings. The zero-order valence-electron chi connectivity index (χ0n) is 12.4. The topological polar surface area (TPSA) is 76.5 Å². The molecule has 1 aromatic carbocycles. The molecule has 0 unspecified atom stereocenters. The number of carbonyl (C=O) groups is 2. The number of nitrogens with one attached hydrogen (secondary N) is 1. The Morgan fingerprint density at radius 2 is 2.23 bits per heavy atom. The molecular weight excluding hydrogens is 284 g/mol. The maximum atomic E-state index is 12.3.